The summed E-state index contributed by atoms with van der Waals surface area (Å²) in [6, 6.07) is 8.38. The average molecular weight is 377 g/mol. The fraction of sp³-hybridized carbons (Fsp3) is 0.222. The normalized spacial score (nSPS) is 12.2. The van der Waals surface area contributed by atoms with Crippen LogP contribution in [-0.2, 0) is 9.53 Å². The molecular weight excluding hydrogens is 360 g/mol. The van der Waals surface area contributed by atoms with Crippen molar-refractivity contribution in [3.8, 4) is 0 Å². The van der Waals surface area contributed by atoms with Crippen molar-refractivity contribution >= 4 is 50.7 Å². The van der Waals surface area contributed by atoms with Gasteiger partial charge in [-0.25, -0.2) is 4.79 Å². The molecule has 1 aromatic carbocycles. The molecule has 5 nitrogen and oxygen atoms in total. The molecule has 0 saturated carbocycles. The number of amides is 1. The van der Waals surface area contributed by atoms with Crippen LogP contribution in [-0.4, -0.2) is 23.6 Å². The van der Waals surface area contributed by atoms with Crippen LogP contribution < -0.4 is 5.32 Å². The van der Waals surface area contributed by atoms with Gasteiger partial charge in [-0.05, 0) is 49.1 Å². The molecule has 1 amide bonds. The summed E-state index contributed by atoms with van der Waals surface area (Å²) in [6.45, 7) is 3.64. The first-order chi connectivity index (χ1) is 11.9. The van der Waals surface area contributed by atoms with Crippen LogP contribution in [0.25, 0.3) is 10.2 Å². The smallest absolute Gasteiger partial charge is 0.354 e. The second-order valence-electron chi connectivity index (χ2n) is 5.70. The monoisotopic (exact) mass is 376 g/mol. The van der Waals surface area contributed by atoms with E-state index in [-0.39, 0.29) is 5.91 Å². The lowest BCUT2D eigenvalue weighted by Crippen LogP contribution is -2.26. The Morgan fingerprint density at radius 1 is 1.28 bits per heavy atom. The van der Waals surface area contributed by atoms with Crippen molar-refractivity contribution in [2.45, 2.75) is 19.9 Å². The molecule has 0 fully saturated rings. The van der Waals surface area contributed by atoms with Crippen LogP contribution in [0.15, 0.2) is 35.7 Å². The zero-order valence-electron chi connectivity index (χ0n) is 14.0. The lowest BCUT2D eigenvalue weighted by molar-refractivity contribution is -0.118. The lowest BCUT2D eigenvalue weighted by atomic mass is 10.2. The Bertz CT molecular complexity index is 961. The van der Waals surface area contributed by atoms with E-state index >= 15 is 0 Å². The molecule has 1 atom stereocenters. The molecule has 0 aliphatic heterocycles. The van der Waals surface area contributed by atoms with E-state index in [1.807, 2.05) is 24.4 Å². The van der Waals surface area contributed by atoms with E-state index in [1.165, 1.54) is 18.4 Å². The van der Waals surface area contributed by atoms with Crippen molar-refractivity contribution in [3.63, 3.8) is 0 Å². The van der Waals surface area contributed by atoms with Crippen molar-refractivity contribution in [2.24, 2.45) is 0 Å². The molecule has 1 N–H and O–H groups in total. The molecule has 2 heterocycles. The van der Waals surface area contributed by atoms with E-state index in [4.69, 9.17) is 16.3 Å². The third-order valence-corrected chi connectivity index (χ3v) is 5.23. The number of methoxy groups -OCH3 is 1. The fourth-order valence-electron chi connectivity index (χ4n) is 2.67. The summed E-state index contributed by atoms with van der Waals surface area (Å²) < 4.78 is 6.56. The maximum absolute atomic E-state index is 12.8. The summed E-state index contributed by atoms with van der Waals surface area (Å²) in [5.41, 5.74) is 1.92. The van der Waals surface area contributed by atoms with Crippen LogP contribution in [0.2, 0.25) is 5.02 Å². The van der Waals surface area contributed by atoms with Gasteiger partial charge in [0.1, 0.15) is 16.6 Å². The number of benzene rings is 1. The maximum Gasteiger partial charge on any atom is 0.354 e. The predicted octanol–water partition coefficient (Wildman–Crippen LogP) is 4.65. The summed E-state index contributed by atoms with van der Waals surface area (Å²) in [7, 11) is 1.33. The Hall–Kier alpha value is -2.31. The van der Waals surface area contributed by atoms with Gasteiger partial charge in [0.2, 0.25) is 5.91 Å². The molecule has 3 aromatic rings. The second-order valence-corrected chi connectivity index (χ2v) is 7.03. The zero-order chi connectivity index (χ0) is 18.1. The molecule has 0 radical (unpaired) electrons. The number of hydrogen-bond acceptors (Lipinski definition) is 4. The van der Waals surface area contributed by atoms with Gasteiger partial charge in [0.15, 0.2) is 0 Å². The summed E-state index contributed by atoms with van der Waals surface area (Å²) in [6.07, 6.45) is 0. The SMILES string of the molecule is COC(=O)c1cc2ccsc2n1[C@@H](C)C(=O)Nc1cc(Cl)ccc1C. The third-order valence-electron chi connectivity index (χ3n) is 4.06. The molecule has 0 unspecified atom stereocenters. The van der Waals surface area contributed by atoms with E-state index in [0.29, 0.717) is 16.4 Å². The Labute approximate surface area is 154 Å². The number of hydrogen-bond donors (Lipinski definition) is 1. The summed E-state index contributed by atoms with van der Waals surface area (Å²) in [5.74, 6) is -0.705. The summed E-state index contributed by atoms with van der Waals surface area (Å²) in [5, 5.41) is 6.27. The van der Waals surface area contributed by atoms with Crippen LogP contribution in [0.3, 0.4) is 0 Å². The van der Waals surface area contributed by atoms with Crippen LogP contribution in [0.1, 0.15) is 29.0 Å². The topological polar surface area (TPSA) is 60.3 Å². The Morgan fingerprint density at radius 3 is 2.76 bits per heavy atom. The zero-order valence-corrected chi connectivity index (χ0v) is 15.6. The number of halogens is 1. The van der Waals surface area contributed by atoms with E-state index in [9.17, 15) is 9.59 Å². The van der Waals surface area contributed by atoms with Crippen molar-refractivity contribution in [2.75, 3.05) is 12.4 Å². The van der Waals surface area contributed by atoms with Gasteiger partial charge in [-0.1, -0.05) is 17.7 Å². The number of esters is 1. The number of aryl methyl sites for hydroxylation is 1. The van der Waals surface area contributed by atoms with Crippen LogP contribution in [0.5, 0.6) is 0 Å². The molecule has 25 heavy (non-hydrogen) atoms. The molecule has 0 saturated heterocycles. The first-order valence-corrected chi connectivity index (χ1v) is 8.92. The molecule has 0 bridgehead atoms. The molecule has 3 rings (SSSR count). The van der Waals surface area contributed by atoms with Crippen LogP contribution in [0, 0.1) is 6.92 Å². The number of rotatable bonds is 4. The van der Waals surface area contributed by atoms with Gasteiger partial charge in [-0.3, -0.25) is 4.79 Å². The molecule has 130 valence electrons. The van der Waals surface area contributed by atoms with Crippen LogP contribution in [0.4, 0.5) is 5.69 Å². The van der Waals surface area contributed by atoms with Gasteiger partial charge in [0, 0.05) is 16.1 Å². The third kappa shape index (κ3) is 3.27. The quantitative estimate of drug-likeness (QED) is 0.674. The number of fused-ring (bicyclic) bond motifs is 1. The highest BCUT2D eigenvalue weighted by Crippen LogP contribution is 2.30. The van der Waals surface area contributed by atoms with E-state index in [1.54, 1.807) is 29.7 Å². The maximum atomic E-state index is 12.8. The first-order valence-electron chi connectivity index (χ1n) is 7.66. The van der Waals surface area contributed by atoms with Crippen molar-refractivity contribution in [1.82, 2.24) is 4.57 Å². The van der Waals surface area contributed by atoms with E-state index in [2.05, 4.69) is 5.32 Å². The second kappa shape index (κ2) is 6.90. The number of thiophene rings is 1. The van der Waals surface area contributed by atoms with Gasteiger partial charge in [0.25, 0.3) is 0 Å². The summed E-state index contributed by atoms with van der Waals surface area (Å²) >= 11 is 7.49. The summed E-state index contributed by atoms with van der Waals surface area (Å²) in [4.78, 5) is 25.7. The van der Waals surface area contributed by atoms with Crippen molar-refractivity contribution in [3.05, 3.63) is 52.0 Å². The Morgan fingerprint density at radius 2 is 2.04 bits per heavy atom. The number of carbonyl (C=O) groups is 2. The van der Waals surface area contributed by atoms with Gasteiger partial charge >= 0.3 is 5.97 Å². The molecule has 7 heteroatoms. The molecule has 2 aromatic heterocycles. The van der Waals surface area contributed by atoms with Gasteiger partial charge < -0.3 is 14.6 Å². The standard InChI is InChI=1S/C18H17ClN2O3S/c1-10-4-5-13(19)9-14(10)20-16(22)11(2)21-15(18(23)24-3)8-12-6-7-25-17(12)21/h4-9,11H,1-3H3,(H,20,22)/t11-/m0/s1. The molecule has 0 aliphatic rings. The number of nitrogens with zero attached hydrogens (tertiary/aromatic N) is 1. The first kappa shape index (κ1) is 17.5. The highest BCUT2D eigenvalue weighted by atomic mass is 35.5. The number of nitrogens with one attached hydrogen (secondary N) is 1. The average Bonchev–Trinajstić information content (AvgIpc) is 3.17. The number of anilines is 1. The highest BCUT2D eigenvalue weighted by Gasteiger charge is 2.25. The minimum Gasteiger partial charge on any atom is -0.464 e. The fourth-order valence-corrected chi connectivity index (χ4v) is 3.82. The molecule has 0 spiro atoms. The van der Waals surface area contributed by atoms with Gasteiger partial charge in [-0.2, -0.15) is 0 Å². The number of aromatic nitrogens is 1. The number of ether oxygens (including phenoxy) is 1. The Balaban J connectivity index is 1.97. The molecule has 0 aliphatic carbocycles. The van der Waals surface area contributed by atoms with E-state index in [0.717, 1.165) is 15.8 Å². The predicted molar refractivity (Wildman–Crippen MR) is 101 cm³/mol. The minimum absolute atomic E-state index is 0.235. The van der Waals surface area contributed by atoms with Crippen LogP contribution >= 0.6 is 22.9 Å². The number of carbonyl (C=O) groups excluding carboxylic acids is 2. The van der Waals surface area contributed by atoms with Crippen molar-refractivity contribution < 1.29 is 14.3 Å². The molecular formula is C18H17ClN2O3S. The van der Waals surface area contributed by atoms with E-state index < -0.39 is 12.0 Å². The highest BCUT2D eigenvalue weighted by molar-refractivity contribution is 7.16. The van der Waals surface area contributed by atoms with Gasteiger partial charge in [0.05, 0.1) is 7.11 Å². The van der Waals surface area contributed by atoms with Crippen molar-refractivity contribution in [1.29, 1.82) is 0 Å². The minimum atomic E-state index is -0.594. The van der Waals surface area contributed by atoms with Gasteiger partial charge in [-0.15, -0.1) is 11.3 Å². The lowest BCUT2D eigenvalue weighted by Gasteiger charge is -2.18. The Kier molecular flexibility index (Phi) is 4.83. The largest absolute Gasteiger partial charge is 0.464 e.